The standard InChI is InChI=1S/C20H21F6NO3/c1-10-7-11(2)14(13(8-10)30-9-19(21,22)23)15-16(28)18(27-17(15)29)5-3-12(4-6-18)20(24,25)26/h7-8,12,15H,3-6,9H2,1-2H3,(H,27,29). The number of nitrogens with one attached hydrogen (secondary N) is 1. The zero-order chi connectivity index (χ0) is 22.5. The Kier molecular flexibility index (Phi) is 5.57. The number of ketones is 1. The molecule has 1 unspecified atom stereocenters. The minimum Gasteiger partial charge on any atom is -0.484 e. The van der Waals surface area contributed by atoms with Gasteiger partial charge in [-0.1, -0.05) is 6.07 Å². The average molecular weight is 437 g/mol. The minimum atomic E-state index is -4.62. The molecule has 1 saturated heterocycles. The molecule has 2 aliphatic rings. The fourth-order valence-electron chi connectivity index (χ4n) is 4.43. The topological polar surface area (TPSA) is 55.4 Å². The van der Waals surface area contributed by atoms with Gasteiger partial charge in [0.15, 0.2) is 12.4 Å². The van der Waals surface area contributed by atoms with Gasteiger partial charge in [0.25, 0.3) is 0 Å². The fraction of sp³-hybridized carbons (Fsp3) is 0.600. The zero-order valence-corrected chi connectivity index (χ0v) is 16.3. The Labute approximate surface area is 169 Å². The van der Waals surface area contributed by atoms with Gasteiger partial charge in [-0.25, -0.2) is 0 Å². The lowest BCUT2D eigenvalue weighted by Crippen LogP contribution is -2.50. The van der Waals surface area contributed by atoms with Crippen LogP contribution in [0.2, 0.25) is 0 Å². The molecule has 1 atom stereocenters. The number of Topliss-reactive ketones (excluding diaryl/α,β-unsaturated/α-hetero) is 1. The third-order valence-corrected chi connectivity index (χ3v) is 5.83. The molecule has 30 heavy (non-hydrogen) atoms. The van der Waals surface area contributed by atoms with Crippen LogP contribution < -0.4 is 10.1 Å². The van der Waals surface area contributed by atoms with E-state index in [9.17, 15) is 35.9 Å². The number of hydrogen-bond acceptors (Lipinski definition) is 3. The van der Waals surface area contributed by atoms with Crippen LogP contribution >= 0.6 is 0 Å². The number of aryl methyl sites for hydroxylation is 2. The summed E-state index contributed by atoms with van der Waals surface area (Å²) in [5.74, 6) is -4.53. The first-order valence-corrected chi connectivity index (χ1v) is 9.47. The van der Waals surface area contributed by atoms with Gasteiger partial charge >= 0.3 is 12.4 Å². The molecule has 1 N–H and O–H groups in total. The number of amides is 1. The van der Waals surface area contributed by atoms with E-state index in [0.717, 1.165) is 0 Å². The highest BCUT2D eigenvalue weighted by molar-refractivity contribution is 6.17. The summed E-state index contributed by atoms with van der Waals surface area (Å²) in [6.45, 7) is 1.59. The Morgan fingerprint density at radius 1 is 1.07 bits per heavy atom. The lowest BCUT2D eigenvalue weighted by Gasteiger charge is -2.36. The number of carbonyl (C=O) groups is 2. The van der Waals surface area contributed by atoms with Crippen molar-refractivity contribution in [2.45, 2.75) is 63.3 Å². The van der Waals surface area contributed by atoms with Crippen LogP contribution in [0.5, 0.6) is 5.75 Å². The van der Waals surface area contributed by atoms with Crippen LogP contribution in [0.15, 0.2) is 12.1 Å². The number of hydrogen-bond donors (Lipinski definition) is 1. The second-order valence-corrected chi connectivity index (χ2v) is 8.08. The molecular weight excluding hydrogens is 416 g/mol. The van der Waals surface area contributed by atoms with Crippen LogP contribution in [0.1, 0.15) is 48.3 Å². The van der Waals surface area contributed by atoms with Gasteiger partial charge in [-0.3, -0.25) is 9.59 Å². The van der Waals surface area contributed by atoms with Crippen molar-refractivity contribution in [2.75, 3.05) is 6.61 Å². The molecule has 4 nitrogen and oxygen atoms in total. The van der Waals surface area contributed by atoms with E-state index in [2.05, 4.69) is 5.32 Å². The molecular formula is C20H21F6NO3. The van der Waals surface area contributed by atoms with Crippen LogP contribution in [-0.4, -0.2) is 36.2 Å². The van der Waals surface area contributed by atoms with Gasteiger partial charge < -0.3 is 10.1 Å². The number of carbonyl (C=O) groups excluding carboxylic acids is 2. The normalized spacial score (nSPS) is 27.5. The summed E-state index contributed by atoms with van der Waals surface area (Å²) < 4.78 is 81.8. The van der Waals surface area contributed by atoms with E-state index in [-0.39, 0.29) is 37.0 Å². The summed E-state index contributed by atoms with van der Waals surface area (Å²) in [5, 5.41) is 2.55. The molecule has 3 rings (SSSR count). The maximum absolute atomic E-state index is 13.2. The zero-order valence-electron chi connectivity index (χ0n) is 16.3. The molecule has 1 spiro atoms. The lowest BCUT2D eigenvalue weighted by atomic mass is 9.72. The first kappa shape index (κ1) is 22.4. The van der Waals surface area contributed by atoms with Gasteiger partial charge in [0.2, 0.25) is 5.91 Å². The van der Waals surface area contributed by atoms with Crippen molar-refractivity contribution in [2.24, 2.45) is 5.92 Å². The minimum absolute atomic E-state index is 0.0298. The maximum Gasteiger partial charge on any atom is 0.422 e. The summed E-state index contributed by atoms with van der Waals surface area (Å²) in [6.07, 6.45) is -9.92. The van der Waals surface area contributed by atoms with Gasteiger partial charge in [0.1, 0.15) is 11.7 Å². The Morgan fingerprint density at radius 3 is 2.20 bits per heavy atom. The predicted molar refractivity (Wildman–Crippen MR) is 94.1 cm³/mol. The van der Waals surface area contributed by atoms with E-state index in [1.807, 2.05) is 0 Å². The Morgan fingerprint density at radius 2 is 1.67 bits per heavy atom. The molecule has 1 heterocycles. The Hall–Kier alpha value is -2.26. The van der Waals surface area contributed by atoms with E-state index in [1.54, 1.807) is 19.9 Å². The SMILES string of the molecule is Cc1cc(C)c(C2C(=O)NC3(CCC(C(F)(F)F)CC3)C2=O)c(OCC(F)(F)F)c1. The van der Waals surface area contributed by atoms with Crippen molar-refractivity contribution in [3.8, 4) is 5.75 Å². The number of halogens is 6. The molecule has 1 aliphatic heterocycles. The third-order valence-electron chi connectivity index (χ3n) is 5.83. The van der Waals surface area contributed by atoms with Crippen LogP contribution in [0.4, 0.5) is 26.3 Å². The molecule has 0 radical (unpaired) electrons. The molecule has 2 fully saturated rings. The Balaban J connectivity index is 1.92. The number of rotatable bonds is 3. The molecule has 1 amide bonds. The van der Waals surface area contributed by atoms with Gasteiger partial charge in [0, 0.05) is 5.56 Å². The fourth-order valence-corrected chi connectivity index (χ4v) is 4.43. The molecule has 10 heteroatoms. The van der Waals surface area contributed by atoms with Gasteiger partial charge in [-0.05, 0) is 56.7 Å². The summed E-state index contributed by atoms with van der Waals surface area (Å²) >= 11 is 0. The quantitative estimate of drug-likeness (QED) is 0.559. The molecule has 166 valence electrons. The summed E-state index contributed by atoms with van der Waals surface area (Å²) in [7, 11) is 0. The van der Waals surface area contributed by atoms with E-state index in [1.165, 1.54) is 6.07 Å². The molecule has 1 aromatic carbocycles. The number of benzene rings is 1. The van der Waals surface area contributed by atoms with E-state index in [4.69, 9.17) is 4.74 Å². The highest BCUT2D eigenvalue weighted by Gasteiger charge is 2.57. The number of ether oxygens (including phenoxy) is 1. The predicted octanol–water partition coefficient (Wildman–Crippen LogP) is 4.52. The van der Waals surface area contributed by atoms with Gasteiger partial charge in [0.05, 0.1) is 11.5 Å². The summed E-state index contributed by atoms with van der Waals surface area (Å²) in [5.41, 5.74) is -0.411. The third kappa shape index (κ3) is 4.27. The van der Waals surface area contributed by atoms with Gasteiger partial charge in [-0.2, -0.15) is 26.3 Å². The van der Waals surface area contributed by atoms with Crippen molar-refractivity contribution >= 4 is 11.7 Å². The number of alkyl halides is 6. The Bertz CT molecular complexity index is 853. The lowest BCUT2D eigenvalue weighted by molar-refractivity contribution is -0.185. The molecule has 1 aromatic rings. The van der Waals surface area contributed by atoms with Crippen molar-refractivity contribution in [3.05, 3.63) is 28.8 Å². The van der Waals surface area contributed by atoms with Crippen molar-refractivity contribution in [1.29, 1.82) is 0 Å². The van der Waals surface area contributed by atoms with Gasteiger partial charge in [-0.15, -0.1) is 0 Å². The average Bonchev–Trinajstić information content (AvgIpc) is 2.82. The van der Waals surface area contributed by atoms with Crippen molar-refractivity contribution in [3.63, 3.8) is 0 Å². The van der Waals surface area contributed by atoms with Crippen LogP contribution in [-0.2, 0) is 9.59 Å². The molecule has 1 saturated carbocycles. The summed E-state index contributed by atoms with van der Waals surface area (Å²) in [4.78, 5) is 25.9. The summed E-state index contributed by atoms with van der Waals surface area (Å²) in [6, 6.07) is 2.93. The second-order valence-electron chi connectivity index (χ2n) is 8.08. The van der Waals surface area contributed by atoms with Crippen LogP contribution in [0.3, 0.4) is 0 Å². The van der Waals surface area contributed by atoms with E-state index < -0.39 is 48.0 Å². The first-order valence-electron chi connectivity index (χ1n) is 9.47. The maximum atomic E-state index is 13.2. The highest BCUT2D eigenvalue weighted by atomic mass is 19.4. The molecule has 0 aromatic heterocycles. The second kappa shape index (κ2) is 7.46. The highest BCUT2D eigenvalue weighted by Crippen LogP contribution is 2.47. The van der Waals surface area contributed by atoms with E-state index >= 15 is 0 Å². The monoisotopic (exact) mass is 437 g/mol. The largest absolute Gasteiger partial charge is 0.484 e. The van der Waals surface area contributed by atoms with E-state index in [0.29, 0.717) is 11.1 Å². The molecule has 1 aliphatic carbocycles. The van der Waals surface area contributed by atoms with Crippen molar-refractivity contribution in [1.82, 2.24) is 5.32 Å². The first-order chi connectivity index (χ1) is 13.7. The van der Waals surface area contributed by atoms with Crippen molar-refractivity contribution < 1.29 is 40.7 Å². The smallest absolute Gasteiger partial charge is 0.422 e. The van der Waals surface area contributed by atoms with Crippen LogP contribution in [0, 0.1) is 19.8 Å². The molecule has 0 bridgehead atoms. The van der Waals surface area contributed by atoms with Crippen LogP contribution in [0.25, 0.3) is 0 Å².